The molecular weight excluding hydrogens is 326 g/mol. The Balaban J connectivity index is 2.03. The fourth-order valence-electron chi connectivity index (χ4n) is 2.06. The second-order valence-electron chi connectivity index (χ2n) is 5.32. The lowest BCUT2D eigenvalue weighted by molar-refractivity contribution is -0.136. The summed E-state index contributed by atoms with van der Waals surface area (Å²) < 4.78 is 5.06. The van der Waals surface area contributed by atoms with Crippen molar-refractivity contribution >= 4 is 35.3 Å². The molecular formula is C17H21N3O3S. The molecule has 0 unspecified atom stereocenters. The van der Waals surface area contributed by atoms with Gasteiger partial charge in [0.25, 0.3) is 0 Å². The molecule has 24 heavy (non-hydrogen) atoms. The number of aliphatic carboxylic acids is 1. The minimum atomic E-state index is -0.865. The van der Waals surface area contributed by atoms with E-state index in [-0.39, 0.29) is 6.42 Å². The minimum Gasteiger partial charge on any atom is -0.481 e. The van der Waals surface area contributed by atoms with Gasteiger partial charge in [-0.25, -0.2) is 9.97 Å². The quantitative estimate of drug-likeness (QED) is 0.791. The molecule has 6 nitrogen and oxygen atoms in total. The van der Waals surface area contributed by atoms with Crippen LogP contribution in [-0.4, -0.2) is 48.4 Å². The number of carboxylic acids is 1. The number of methoxy groups -OCH3 is 1. The molecule has 2 heterocycles. The first-order valence-electron chi connectivity index (χ1n) is 7.52. The minimum absolute atomic E-state index is 0.0414. The van der Waals surface area contributed by atoms with Gasteiger partial charge in [0.15, 0.2) is 0 Å². The van der Waals surface area contributed by atoms with Gasteiger partial charge in [0.1, 0.15) is 10.8 Å². The highest BCUT2D eigenvalue weighted by Crippen LogP contribution is 2.20. The fraction of sp³-hybridized carbons (Fsp3) is 0.353. The number of likely N-dealkylation sites (N-methyl/N-ethyl adjacent to an activating group) is 1. The number of anilines is 1. The Hall–Kier alpha value is -2.25. The Morgan fingerprint density at radius 1 is 1.42 bits per heavy atom. The highest BCUT2D eigenvalue weighted by Gasteiger charge is 2.09. The topological polar surface area (TPSA) is 75.5 Å². The number of aromatic nitrogens is 2. The average molecular weight is 347 g/mol. The molecule has 0 amide bonds. The zero-order valence-electron chi connectivity index (χ0n) is 14.0. The molecule has 1 N–H and O–H groups in total. The van der Waals surface area contributed by atoms with Crippen LogP contribution in [-0.2, 0) is 16.0 Å². The summed E-state index contributed by atoms with van der Waals surface area (Å²) in [5.74, 6) is 0.0225. The molecule has 0 radical (unpaired) electrons. The largest absolute Gasteiger partial charge is 0.481 e. The Labute approximate surface area is 145 Å². The Bertz CT molecular complexity index is 710. The molecule has 0 spiro atoms. The number of nitrogens with zero attached hydrogens (tertiary/aromatic N) is 3. The maximum atomic E-state index is 10.8. The van der Waals surface area contributed by atoms with E-state index in [2.05, 4.69) is 9.97 Å². The fourth-order valence-corrected chi connectivity index (χ4v) is 2.90. The lowest BCUT2D eigenvalue weighted by atomic mass is 10.2. The average Bonchev–Trinajstić information content (AvgIpc) is 2.90. The van der Waals surface area contributed by atoms with Crippen molar-refractivity contribution in [1.82, 2.24) is 9.97 Å². The zero-order chi connectivity index (χ0) is 17.5. The van der Waals surface area contributed by atoms with E-state index in [9.17, 15) is 4.79 Å². The standard InChI is InChI=1S/C17H21N3O3S/c1-12-14(10-17(21)22)19-16(24-12)7-5-13-4-6-15(18-11-13)20(2)8-9-23-3/h4-7,11H,8-10H2,1-3H3,(H,21,22)/b7-5+. The van der Waals surface area contributed by atoms with E-state index in [4.69, 9.17) is 9.84 Å². The van der Waals surface area contributed by atoms with E-state index >= 15 is 0 Å². The van der Waals surface area contributed by atoms with Crippen LogP contribution >= 0.6 is 11.3 Å². The van der Waals surface area contributed by atoms with E-state index in [1.807, 2.05) is 43.2 Å². The van der Waals surface area contributed by atoms with Crippen LogP contribution in [0.5, 0.6) is 0 Å². The molecule has 0 atom stereocenters. The number of rotatable bonds is 8. The van der Waals surface area contributed by atoms with Crippen molar-refractivity contribution in [3.8, 4) is 0 Å². The van der Waals surface area contributed by atoms with E-state index in [1.54, 1.807) is 13.3 Å². The molecule has 0 saturated heterocycles. The maximum absolute atomic E-state index is 10.8. The highest BCUT2D eigenvalue weighted by molar-refractivity contribution is 7.12. The molecule has 2 aromatic heterocycles. The normalized spacial score (nSPS) is 11.1. The highest BCUT2D eigenvalue weighted by atomic mass is 32.1. The number of carboxylic acid groups (broad SMARTS) is 1. The number of pyridine rings is 1. The molecule has 0 aliphatic rings. The molecule has 128 valence electrons. The zero-order valence-corrected chi connectivity index (χ0v) is 14.8. The first-order chi connectivity index (χ1) is 11.5. The first-order valence-corrected chi connectivity index (χ1v) is 8.33. The second-order valence-corrected chi connectivity index (χ2v) is 6.56. The third-order valence-corrected chi connectivity index (χ3v) is 4.42. The first kappa shape index (κ1) is 18.1. The molecule has 0 aromatic carbocycles. The molecule has 2 aromatic rings. The van der Waals surface area contributed by atoms with Crippen molar-refractivity contribution in [1.29, 1.82) is 0 Å². The lowest BCUT2D eigenvalue weighted by Gasteiger charge is -2.17. The van der Waals surface area contributed by atoms with Crippen molar-refractivity contribution in [2.45, 2.75) is 13.3 Å². The number of hydrogen-bond acceptors (Lipinski definition) is 6. The predicted octanol–water partition coefficient (Wildman–Crippen LogP) is 2.73. The van der Waals surface area contributed by atoms with Crippen LogP contribution in [0.25, 0.3) is 12.2 Å². The lowest BCUT2D eigenvalue weighted by Crippen LogP contribution is -2.22. The van der Waals surface area contributed by atoms with E-state index in [0.717, 1.165) is 27.8 Å². The van der Waals surface area contributed by atoms with Gasteiger partial charge in [0.2, 0.25) is 0 Å². The summed E-state index contributed by atoms with van der Waals surface area (Å²) in [6.07, 6.45) is 5.57. The van der Waals surface area contributed by atoms with Crippen LogP contribution < -0.4 is 4.90 Å². The van der Waals surface area contributed by atoms with Crippen molar-refractivity contribution < 1.29 is 14.6 Å². The number of aryl methyl sites for hydroxylation is 1. The van der Waals surface area contributed by atoms with Crippen LogP contribution in [0.15, 0.2) is 18.3 Å². The van der Waals surface area contributed by atoms with Gasteiger partial charge in [-0.1, -0.05) is 6.08 Å². The summed E-state index contributed by atoms with van der Waals surface area (Å²) in [6, 6.07) is 3.94. The van der Waals surface area contributed by atoms with E-state index in [1.165, 1.54) is 11.3 Å². The molecule has 0 saturated carbocycles. The van der Waals surface area contributed by atoms with Gasteiger partial charge in [-0.3, -0.25) is 4.79 Å². The predicted molar refractivity (Wildman–Crippen MR) is 96.5 cm³/mol. The van der Waals surface area contributed by atoms with E-state index < -0.39 is 5.97 Å². The molecule has 0 bridgehead atoms. The summed E-state index contributed by atoms with van der Waals surface area (Å²) in [6.45, 7) is 3.32. The van der Waals surface area contributed by atoms with Crippen LogP contribution in [0.3, 0.4) is 0 Å². The molecule has 2 rings (SSSR count). The number of thiazole rings is 1. The third kappa shape index (κ3) is 5.14. The summed E-state index contributed by atoms with van der Waals surface area (Å²) in [4.78, 5) is 22.5. The molecule has 0 fully saturated rings. The van der Waals surface area contributed by atoms with Gasteiger partial charge in [-0.15, -0.1) is 11.3 Å². The number of ether oxygens (including phenoxy) is 1. The maximum Gasteiger partial charge on any atom is 0.309 e. The summed E-state index contributed by atoms with van der Waals surface area (Å²) >= 11 is 1.49. The Kier molecular flexibility index (Phi) is 6.45. The Morgan fingerprint density at radius 2 is 2.21 bits per heavy atom. The molecule has 0 aliphatic carbocycles. The van der Waals surface area contributed by atoms with Gasteiger partial charge < -0.3 is 14.7 Å². The van der Waals surface area contributed by atoms with Gasteiger partial charge in [-0.2, -0.15) is 0 Å². The van der Waals surface area contributed by atoms with Crippen LogP contribution in [0.4, 0.5) is 5.82 Å². The molecule has 0 aliphatic heterocycles. The van der Waals surface area contributed by atoms with Crippen LogP contribution in [0, 0.1) is 6.92 Å². The van der Waals surface area contributed by atoms with E-state index in [0.29, 0.717) is 12.3 Å². The Morgan fingerprint density at radius 3 is 2.83 bits per heavy atom. The third-order valence-electron chi connectivity index (χ3n) is 3.44. The SMILES string of the molecule is COCCN(C)c1ccc(/C=C/c2nc(CC(=O)O)c(C)s2)cn1. The smallest absolute Gasteiger partial charge is 0.309 e. The second kappa shape index (κ2) is 8.56. The van der Waals surface area contributed by atoms with Crippen LogP contribution in [0.1, 0.15) is 21.1 Å². The van der Waals surface area contributed by atoms with Crippen molar-refractivity contribution in [2.24, 2.45) is 0 Å². The monoisotopic (exact) mass is 347 g/mol. The van der Waals surface area contributed by atoms with Crippen molar-refractivity contribution in [2.75, 3.05) is 32.2 Å². The summed E-state index contributed by atoms with van der Waals surface area (Å²) in [5.41, 5.74) is 1.59. The van der Waals surface area contributed by atoms with Gasteiger partial charge in [-0.05, 0) is 30.7 Å². The van der Waals surface area contributed by atoms with Crippen LogP contribution in [0.2, 0.25) is 0 Å². The summed E-state index contributed by atoms with van der Waals surface area (Å²) in [5, 5.41) is 9.66. The van der Waals surface area contributed by atoms with Gasteiger partial charge in [0, 0.05) is 31.8 Å². The van der Waals surface area contributed by atoms with Crippen molar-refractivity contribution in [3.05, 3.63) is 39.5 Å². The molecule has 7 heteroatoms. The van der Waals surface area contributed by atoms with Gasteiger partial charge in [0.05, 0.1) is 18.7 Å². The number of hydrogen-bond donors (Lipinski definition) is 1. The number of carbonyl (C=O) groups is 1. The van der Waals surface area contributed by atoms with Crippen molar-refractivity contribution in [3.63, 3.8) is 0 Å². The van der Waals surface area contributed by atoms with Gasteiger partial charge >= 0.3 is 5.97 Å². The summed E-state index contributed by atoms with van der Waals surface area (Å²) in [7, 11) is 3.65.